The van der Waals surface area contributed by atoms with Gasteiger partial charge in [-0.25, -0.2) is 4.79 Å². The van der Waals surface area contributed by atoms with Crippen molar-refractivity contribution in [3.8, 4) is 28.6 Å². The van der Waals surface area contributed by atoms with E-state index in [0.29, 0.717) is 42.4 Å². The number of carbonyl (C=O) groups excluding carboxylic acids is 1. The number of benzene rings is 2. The molecule has 1 fully saturated rings. The Morgan fingerprint density at radius 1 is 1.05 bits per heavy atom. The highest BCUT2D eigenvalue weighted by Gasteiger charge is 2.25. The molecule has 0 spiro atoms. The van der Waals surface area contributed by atoms with Crippen molar-refractivity contribution >= 4 is 22.9 Å². The summed E-state index contributed by atoms with van der Waals surface area (Å²) in [6.45, 7) is 8.11. The standard InChI is InChI=1S/C30H36N6O5/c1-4-31-29(39)28-33-32-27(23-16-22(18(2)3)25(37)17-26(23)38)36(28)21-5-6-24-20(15-21)10-14-34(24)11-7-19-8-12-35(13-9-19)30(40)41/h5-6,10,14-19,37-38H,4,7-9,11-13H2,1-3H3,(H,31,39)(H,40,41). The molecular formula is C30H36N6O5. The number of piperidine rings is 1. The van der Waals surface area contributed by atoms with Crippen molar-refractivity contribution in [2.75, 3.05) is 19.6 Å². The highest BCUT2D eigenvalue weighted by molar-refractivity contribution is 5.93. The number of nitrogens with zero attached hydrogens (tertiary/aromatic N) is 5. The van der Waals surface area contributed by atoms with Crippen molar-refractivity contribution in [1.82, 2.24) is 29.5 Å². The first-order chi connectivity index (χ1) is 19.7. The minimum absolute atomic E-state index is 0.00517. The molecule has 4 N–H and O–H groups in total. The summed E-state index contributed by atoms with van der Waals surface area (Å²) >= 11 is 0. The number of phenolic OH excluding ortho intramolecular Hbond substituents is 2. The van der Waals surface area contributed by atoms with Gasteiger partial charge in [0.15, 0.2) is 5.82 Å². The van der Waals surface area contributed by atoms with Crippen LogP contribution in [0.15, 0.2) is 42.6 Å². The molecule has 216 valence electrons. The molecule has 11 nitrogen and oxygen atoms in total. The molecule has 41 heavy (non-hydrogen) atoms. The lowest BCUT2D eigenvalue weighted by Gasteiger charge is -2.30. The van der Waals surface area contributed by atoms with Crippen molar-refractivity contribution in [2.24, 2.45) is 5.92 Å². The fourth-order valence-corrected chi connectivity index (χ4v) is 5.58. The molecule has 2 aromatic carbocycles. The molecule has 0 aliphatic carbocycles. The number of nitrogens with one attached hydrogen (secondary N) is 1. The maximum absolute atomic E-state index is 13.0. The third-order valence-corrected chi connectivity index (χ3v) is 7.89. The number of fused-ring (bicyclic) bond motifs is 1. The molecule has 0 saturated carbocycles. The Kier molecular flexibility index (Phi) is 7.87. The van der Waals surface area contributed by atoms with Crippen LogP contribution in [0.4, 0.5) is 4.79 Å². The Balaban J connectivity index is 1.48. The number of carboxylic acid groups (broad SMARTS) is 1. The Bertz CT molecular complexity index is 1580. The van der Waals surface area contributed by atoms with Gasteiger partial charge in [-0.3, -0.25) is 9.36 Å². The average molecular weight is 561 g/mol. The zero-order valence-electron chi connectivity index (χ0n) is 23.5. The lowest BCUT2D eigenvalue weighted by Crippen LogP contribution is -2.37. The van der Waals surface area contributed by atoms with E-state index in [2.05, 4.69) is 20.1 Å². The van der Waals surface area contributed by atoms with Crippen molar-refractivity contribution in [2.45, 2.75) is 52.5 Å². The lowest BCUT2D eigenvalue weighted by molar-refractivity contribution is 0.0943. The summed E-state index contributed by atoms with van der Waals surface area (Å²) in [4.78, 5) is 25.7. The van der Waals surface area contributed by atoms with Gasteiger partial charge in [-0.2, -0.15) is 0 Å². The summed E-state index contributed by atoms with van der Waals surface area (Å²) in [7, 11) is 0. The van der Waals surface area contributed by atoms with Crippen LogP contribution in [0, 0.1) is 5.92 Å². The molecule has 2 amide bonds. The van der Waals surface area contributed by atoms with Crippen LogP contribution in [0.5, 0.6) is 11.5 Å². The molecule has 4 aromatic rings. The highest BCUT2D eigenvalue weighted by atomic mass is 16.4. The average Bonchev–Trinajstić information content (AvgIpc) is 3.56. The van der Waals surface area contributed by atoms with Gasteiger partial charge in [0.05, 0.1) is 11.3 Å². The third kappa shape index (κ3) is 5.57. The molecule has 3 heterocycles. The predicted molar refractivity (Wildman–Crippen MR) is 155 cm³/mol. The minimum Gasteiger partial charge on any atom is -0.508 e. The Labute approximate surface area is 238 Å². The first kappa shape index (κ1) is 28.0. The number of aryl methyl sites for hydroxylation is 1. The summed E-state index contributed by atoms with van der Waals surface area (Å²) in [5.41, 5.74) is 2.71. The van der Waals surface area contributed by atoms with Crippen molar-refractivity contribution in [3.63, 3.8) is 0 Å². The fourth-order valence-electron chi connectivity index (χ4n) is 5.58. The summed E-state index contributed by atoms with van der Waals surface area (Å²) in [6, 6.07) is 10.9. The van der Waals surface area contributed by atoms with E-state index in [4.69, 9.17) is 0 Å². The molecule has 1 saturated heterocycles. The summed E-state index contributed by atoms with van der Waals surface area (Å²) in [6.07, 6.45) is 3.91. The van der Waals surface area contributed by atoms with E-state index < -0.39 is 6.09 Å². The second-order valence-electron chi connectivity index (χ2n) is 10.9. The van der Waals surface area contributed by atoms with Crippen LogP contribution in [0.1, 0.15) is 62.1 Å². The molecule has 0 atom stereocenters. The predicted octanol–water partition coefficient (Wildman–Crippen LogP) is 4.95. The molecule has 1 aliphatic heterocycles. The van der Waals surface area contributed by atoms with Gasteiger partial charge >= 0.3 is 6.09 Å². The number of carbonyl (C=O) groups is 2. The normalized spacial score (nSPS) is 14.2. The first-order valence-electron chi connectivity index (χ1n) is 14.0. The number of amides is 2. The van der Waals surface area contributed by atoms with Gasteiger partial charge < -0.3 is 30.1 Å². The van der Waals surface area contributed by atoms with Crippen LogP contribution in [-0.2, 0) is 6.54 Å². The van der Waals surface area contributed by atoms with Gasteiger partial charge in [0.2, 0.25) is 5.82 Å². The Morgan fingerprint density at radius 3 is 2.49 bits per heavy atom. The lowest BCUT2D eigenvalue weighted by atomic mass is 9.94. The second kappa shape index (κ2) is 11.5. The van der Waals surface area contributed by atoms with Crippen LogP contribution >= 0.6 is 0 Å². The molecule has 5 rings (SSSR count). The molecule has 1 aliphatic rings. The van der Waals surface area contributed by atoms with Crippen LogP contribution in [-0.4, -0.2) is 71.2 Å². The zero-order chi connectivity index (χ0) is 29.3. The number of aromatic hydroxyl groups is 2. The van der Waals surface area contributed by atoms with Crippen LogP contribution in [0.3, 0.4) is 0 Å². The number of phenols is 2. The second-order valence-corrected chi connectivity index (χ2v) is 10.9. The number of likely N-dealkylation sites (tertiary alicyclic amines) is 1. The minimum atomic E-state index is -0.844. The molecule has 2 aromatic heterocycles. The Hall–Kier alpha value is -4.54. The number of hydrogen-bond acceptors (Lipinski definition) is 6. The van der Waals surface area contributed by atoms with E-state index in [1.54, 1.807) is 10.6 Å². The molecular weight excluding hydrogens is 524 g/mol. The van der Waals surface area contributed by atoms with Gasteiger partial charge in [-0.1, -0.05) is 13.8 Å². The SMILES string of the molecule is CCNC(=O)c1nnc(-c2cc(C(C)C)c(O)cc2O)n1-c1ccc2c(ccn2CCC2CCN(C(=O)O)CC2)c1. The van der Waals surface area contributed by atoms with Gasteiger partial charge in [0, 0.05) is 49.3 Å². The van der Waals surface area contributed by atoms with Gasteiger partial charge in [0.25, 0.3) is 5.91 Å². The van der Waals surface area contributed by atoms with Gasteiger partial charge in [0.1, 0.15) is 11.5 Å². The van der Waals surface area contributed by atoms with Crippen molar-refractivity contribution in [1.29, 1.82) is 0 Å². The summed E-state index contributed by atoms with van der Waals surface area (Å²) < 4.78 is 3.83. The van der Waals surface area contributed by atoms with E-state index in [0.717, 1.165) is 36.7 Å². The van der Waals surface area contributed by atoms with Gasteiger partial charge in [-0.05, 0) is 73.9 Å². The molecule has 0 radical (unpaired) electrons. The number of hydrogen-bond donors (Lipinski definition) is 4. The molecule has 0 bridgehead atoms. The maximum Gasteiger partial charge on any atom is 0.407 e. The summed E-state index contributed by atoms with van der Waals surface area (Å²) in [5, 5.41) is 42.6. The zero-order valence-corrected chi connectivity index (χ0v) is 23.5. The van der Waals surface area contributed by atoms with E-state index in [9.17, 15) is 24.9 Å². The smallest absolute Gasteiger partial charge is 0.407 e. The Morgan fingerprint density at radius 2 is 1.80 bits per heavy atom. The van der Waals surface area contributed by atoms with Crippen LogP contribution in [0.25, 0.3) is 28.0 Å². The number of rotatable bonds is 8. The topological polar surface area (TPSA) is 146 Å². The van der Waals surface area contributed by atoms with Crippen LogP contribution < -0.4 is 5.32 Å². The quantitative estimate of drug-likeness (QED) is 0.238. The first-order valence-corrected chi connectivity index (χ1v) is 14.0. The molecule has 0 unspecified atom stereocenters. The van der Waals surface area contributed by atoms with E-state index in [1.807, 2.05) is 51.2 Å². The van der Waals surface area contributed by atoms with Crippen molar-refractivity contribution < 1.29 is 24.9 Å². The summed E-state index contributed by atoms with van der Waals surface area (Å²) in [5.74, 6) is 0.296. The molecule has 11 heteroatoms. The monoisotopic (exact) mass is 560 g/mol. The van der Waals surface area contributed by atoms with E-state index in [-0.39, 0.29) is 35.0 Å². The maximum atomic E-state index is 13.0. The highest BCUT2D eigenvalue weighted by Crippen LogP contribution is 2.38. The third-order valence-electron chi connectivity index (χ3n) is 7.89. The number of aromatic nitrogens is 4. The van der Waals surface area contributed by atoms with Crippen LogP contribution in [0.2, 0.25) is 0 Å². The van der Waals surface area contributed by atoms with Gasteiger partial charge in [-0.15, -0.1) is 10.2 Å². The fraction of sp³-hybridized carbons (Fsp3) is 0.400. The van der Waals surface area contributed by atoms with E-state index >= 15 is 0 Å². The van der Waals surface area contributed by atoms with E-state index in [1.165, 1.54) is 11.0 Å². The van der Waals surface area contributed by atoms with Crippen molar-refractivity contribution in [3.05, 3.63) is 54.0 Å². The largest absolute Gasteiger partial charge is 0.508 e.